The number of hydrogen-bond donors (Lipinski definition) is 4. The summed E-state index contributed by atoms with van der Waals surface area (Å²) < 4.78 is 24.8. The topological polar surface area (TPSA) is 126 Å². The SMILES string of the molecule is COCCCC/C(=C(/N)C(=O)N(CC(C)C)[C@@H]1CNC[C@H](C(O)COC)C1)N(N)c1ccccc1F. The highest BCUT2D eigenvalue weighted by Gasteiger charge is 2.34. The molecule has 0 aromatic heterocycles. The summed E-state index contributed by atoms with van der Waals surface area (Å²) >= 11 is 0. The number of nitrogens with two attached hydrogens (primary N) is 2. The van der Waals surface area contributed by atoms with Crippen molar-refractivity contribution in [1.82, 2.24) is 10.2 Å². The molecule has 2 rings (SSSR count). The van der Waals surface area contributed by atoms with Gasteiger partial charge in [0.2, 0.25) is 0 Å². The van der Waals surface area contributed by atoms with Gasteiger partial charge in [0.1, 0.15) is 11.5 Å². The van der Waals surface area contributed by atoms with E-state index in [1.165, 1.54) is 11.1 Å². The molecule has 0 spiro atoms. The fraction of sp³-hybridized carbons (Fsp3) is 0.654. The minimum atomic E-state index is -0.633. The molecule has 1 aliphatic rings. The van der Waals surface area contributed by atoms with Crippen molar-refractivity contribution in [1.29, 1.82) is 0 Å². The van der Waals surface area contributed by atoms with Gasteiger partial charge < -0.3 is 30.5 Å². The molecule has 3 atom stereocenters. The lowest BCUT2D eigenvalue weighted by molar-refractivity contribution is -0.131. The van der Waals surface area contributed by atoms with Crippen LogP contribution in [0.2, 0.25) is 0 Å². The molecule has 36 heavy (non-hydrogen) atoms. The van der Waals surface area contributed by atoms with E-state index in [1.54, 1.807) is 37.3 Å². The van der Waals surface area contributed by atoms with E-state index in [9.17, 15) is 14.3 Å². The number of ether oxygens (including phenoxy) is 2. The van der Waals surface area contributed by atoms with Crippen molar-refractivity contribution < 1.29 is 23.8 Å². The number of rotatable bonds is 14. The number of piperidine rings is 1. The Labute approximate surface area is 214 Å². The van der Waals surface area contributed by atoms with E-state index < -0.39 is 11.9 Å². The molecule has 1 amide bonds. The number of para-hydroxylation sites is 1. The van der Waals surface area contributed by atoms with Crippen molar-refractivity contribution >= 4 is 11.6 Å². The maximum absolute atomic E-state index is 14.6. The summed E-state index contributed by atoms with van der Waals surface area (Å²) in [6.45, 7) is 6.58. The number of allylic oxidation sites excluding steroid dienone is 1. The van der Waals surface area contributed by atoms with Crippen LogP contribution in [0.15, 0.2) is 35.7 Å². The molecule has 1 aromatic rings. The number of aliphatic hydroxyl groups excluding tert-OH is 1. The average Bonchev–Trinajstić information content (AvgIpc) is 2.86. The number of hydrogen-bond acceptors (Lipinski definition) is 8. The van der Waals surface area contributed by atoms with E-state index in [0.717, 1.165) is 6.42 Å². The standard InChI is InChI=1S/C26H44FN5O4/c1-18(2)16-31(20-13-19(14-30-15-20)24(33)17-36-4)26(34)25(28)23(11-7-8-12-35-3)32(29)22-10-6-5-9-21(22)27/h5-6,9-10,18-20,24,30,33H,7-8,11-17,28-29H2,1-4H3/b25-23-/t19-,20+,24?/m1/s1. The second-order valence-corrected chi connectivity index (χ2v) is 9.81. The first-order valence-corrected chi connectivity index (χ1v) is 12.7. The molecular formula is C26H44FN5O4. The molecule has 0 radical (unpaired) electrons. The van der Waals surface area contributed by atoms with Gasteiger partial charge in [0.05, 0.1) is 24.1 Å². The fourth-order valence-corrected chi connectivity index (χ4v) is 4.57. The van der Waals surface area contributed by atoms with Crippen LogP contribution in [0.5, 0.6) is 0 Å². The molecule has 6 N–H and O–H groups in total. The molecule has 0 aliphatic carbocycles. The van der Waals surface area contributed by atoms with Crippen LogP contribution in [-0.2, 0) is 14.3 Å². The number of nitrogens with zero attached hydrogens (tertiary/aromatic N) is 2. The minimum Gasteiger partial charge on any atom is -0.393 e. The Bertz CT molecular complexity index is 853. The zero-order valence-electron chi connectivity index (χ0n) is 22.1. The van der Waals surface area contributed by atoms with Crippen molar-refractivity contribution in [2.45, 2.75) is 51.7 Å². The number of carbonyl (C=O) groups excluding carboxylic acids is 1. The summed E-state index contributed by atoms with van der Waals surface area (Å²) in [6, 6.07) is 5.97. The quantitative estimate of drug-likeness (QED) is 0.130. The number of nitrogens with one attached hydrogen (secondary N) is 1. The summed E-state index contributed by atoms with van der Waals surface area (Å²) in [7, 11) is 3.18. The Morgan fingerprint density at radius 2 is 1.94 bits per heavy atom. The minimum absolute atomic E-state index is 0.00150. The lowest BCUT2D eigenvalue weighted by Gasteiger charge is -2.40. The van der Waals surface area contributed by atoms with Gasteiger partial charge in [-0.05, 0) is 43.7 Å². The Balaban J connectivity index is 2.38. The van der Waals surface area contributed by atoms with Crippen LogP contribution in [0.1, 0.15) is 39.5 Å². The highest BCUT2D eigenvalue weighted by atomic mass is 19.1. The van der Waals surface area contributed by atoms with E-state index in [-0.39, 0.29) is 41.8 Å². The van der Waals surface area contributed by atoms with Crippen LogP contribution in [0.4, 0.5) is 10.1 Å². The van der Waals surface area contributed by atoms with E-state index >= 15 is 0 Å². The number of carbonyl (C=O) groups is 1. The van der Waals surface area contributed by atoms with Crippen molar-refractivity contribution in [2.24, 2.45) is 23.4 Å². The van der Waals surface area contributed by atoms with E-state index in [4.69, 9.17) is 21.1 Å². The fourth-order valence-electron chi connectivity index (χ4n) is 4.57. The lowest BCUT2D eigenvalue weighted by Crippen LogP contribution is -2.55. The second-order valence-electron chi connectivity index (χ2n) is 9.81. The van der Waals surface area contributed by atoms with Gasteiger partial charge in [0.15, 0.2) is 0 Å². The van der Waals surface area contributed by atoms with Crippen LogP contribution in [0.3, 0.4) is 0 Å². The summed E-state index contributed by atoms with van der Waals surface area (Å²) in [5, 5.41) is 15.0. The van der Waals surface area contributed by atoms with Crippen LogP contribution in [-0.4, -0.2) is 75.1 Å². The summed E-state index contributed by atoms with van der Waals surface area (Å²) in [5.41, 5.74) is 7.03. The van der Waals surface area contributed by atoms with Gasteiger partial charge in [0.25, 0.3) is 5.91 Å². The van der Waals surface area contributed by atoms with Crippen molar-refractivity contribution in [2.75, 3.05) is 52.1 Å². The summed E-state index contributed by atoms with van der Waals surface area (Å²) in [4.78, 5) is 15.6. The van der Waals surface area contributed by atoms with Crippen LogP contribution < -0.4 is 21.9 Å². The molecule has 9 nitrogen and oxygen atoms in total. The molecule has 10 heteroatoms. The number of anilines is 1. The first-order valence-electron chi connectivity index (χ1n) is 12.7. The zero-order chi connectivity index (χ0) is 26.7. The third kappa shape index (κ3) is 8.41. The molecule has 1 heterocycles. The van der Waals surface area contributed by atoms with Crippen molar-refractivity contribution in [3.05, 3.63) is 41.5 Å². The Morgan fingerprint density at radius 3 is 2.58 bits per heavy atom. The molecule has 1 fully saturated rings. The van der Waals surface area contributed by atoms with E-state index in [1.807, 2.05) is 13.8 Å². The number of hydrazine groups is 1. The predicted octanol–water partition coefficient (Wildman–Crippen LogP) is 1.96. The molecule has 0 saturated carbocycles. The summed E-state index contributed by atoms with van der Waals surface area (Å²) in [5.74, 6) is 5.65. The second kappa shape index (κ2) is 15.1. The van der Waals surface area contributed by atoms with E-state index in [2.05, 4.69) is 5.32 Å². The molecule has 0 bridgehead atoms. The Kier molecular flexibility index (Phi) is 12.6. The number of benzene rings is 1. The maximum Gasteiger partial charge on any atom is 0.271 e. The smallest absolute Gasteiger partial charge is 0.271 e. The molecular weight excluding hydrogens is 465 g/mol. The number of unbranched alkanes of at least 4 members (excludes halogenated alkanes) is 1. The Hall–Kier alpha value is -2.24. The van der Waals surface area contributed by atoms with Gasteiger partial charge in [-0.3, -0.25) is 9.80 Å². The monoisotopic (exact) mass is 509 g/mol. The van der Waals surface area contributed by atoms with Crippen LogP contribution in [0.25, 0.3) is 0 Å². The van der Waals surface area contributed by atoms with Crippen LogP contribution >= 0.6 is 0 Å². The summed E-state index contributed by atoms with van der Waals surface area (Å²) in [6.07, 6.45) is 1.78. The molecule has 1 aliphatic heterocycles. The molecule has 1 saturated heterocycles. The maximum atomic E-state index is 14.6. The average molecular weight is 510 g/mol. The lowest BCUT2D eigenvalue weighted by atomic mass is 9.89. The van der Waals surface area contributed by atoms with Gasteiger partial charge in [-0.15, -0.1) is 0 Å². The first-order chi connectivity index (χ1) is 17.2. The van der Waals surface area contributed by atoms with Crippen molar-refractivity contribution in [3.63, 3.8) is 0 Å². The van der Waals surface area contributed by atoms with Crippen LogP contribution in [0, 0.1) is 17.7 Å². The van der Waals surface area contributed by atoms with Gasteiger partial charge in [-0.1, -0.05) is 26.0 Å². The zero-order valence-corrected chi connectivity index (χ0v) is 22.1. The third-order valence-electron chi connectivity index (χ3n) is 6.46. The number of amides is 1. The van der Waals surface area contributed by atoms with Gasteiger partial charge >= 0.3 is 0 Å². The molecule has 1 unspecified atom stereocenters. The van der Waals surface area contributed by atoms with Gasteiger partial charge in [0, 0.05) is 52.4 Å². The number of methoxy groups -OCH3 is 2. The predicted molar refractivity (Wildman–Crippen MR) is 139 cm³/mol. The normalized spacial score (nSPS) is 19.7. The van der Waals surface area contributed by atoms with Gasteiger partial charge in [-0.25, -0.2) is 10.2 Å². The molecule has 1 aromatic carbocycles. The largest absolute Gasteiger partial charge is 0.393 e. The van der Waals surface area contributed by atoms with Crippen molar-refractivity contribution in [3.8, 4) is 0 Å². The number of aliphatic hydroxyl groups is 1. The Morgan fingerprint density at radius 1 is 1.22 bits per heavy atom. The van der Waals surface area contributed by atoms with E-state index in [0.29, 0.717) is 51.2 Å². The molecule has 204 valence electrons. The highest BCUT2D eigenvalue weighted by molar-refractivity contribution is 5.94. The van der Waals surface area contributed by atoms with Gasteiger partial charge in [-0.2, -0.15) is 0 Å². The highest BCUT2D eigenvalue weighted by Crippen LogP contribution is 2.26. The number of halogens is 1. The third-order valence-corrected chi connectivity index (χ3v) is 6.46. The first kappa shape index (κ1) is 30.0.